The van der Waals surface area contributed by atoms with Gasteiger partial charge in [0.1, 0.15) is 0 Å². The molecule has 0 unspecified atom stereocenters. The van der Waals surface area contributed by atoms with Crippen molar-refractivity contribution in [2.24, 2.45) is 11.8 Å². The average molecular weight is 246 g/mol. The van der Waals surface area contributed by atoms with Gasteiger partial charge in [-0.1, -0.05) is 38.7 Å². The van der Waals surface area contributed by atoms with Gasteiger partial charge in [0.05, 0.1) is 0 Å². The largest absolute Gasteiger partial charge is 0.454 e. The molecule has 0 amide bonds. The molecular formula is C16H22O2. The second-order valence-corrected chi connectivity index (χ2v) is 5.85. The summed E-state index contributed by atoms with van der Waals surface area (Å²) in [6.07, 6.45) is 8.19. The van der Waals surface area contributed by atoms with E-state index in [2.05, 4.69) is 19.1 Å². The summed E-state index contributed by atoms with van der Waals surface area (Å²) in [7, 11) is 0. The second kappa shape index (κ2) is 5.21. The summed E-state index contributed by atoms with van der Waals surface area (Å²) in [5.41, 5.74) is 1.39. The molecular weight excluding hydrogens is 224 g/mol. The molecule has 1 heterocycles. The topological polar surface area (TPSA) is 18.5 Å². The van der Waals surface area contributed by atoms with Gasteiger partial charge in [0.25, 0.3) is 0 Å². The number of hydrogen-bond acceptors (Lipinski definition) is 2. The molecule has 3 rings (SSSR count). The van der Waals surface area contributed by atoms with E-state index in [0.29, 0.717) is 6.79 Å². The third-order valence-corrected chi connectivity index (χ3v) is 4.41. The van der Waals surface area contributed by atoms with Gasteiger partial charge in [0.2, 0.25) is 6.79 Å². The Morgan fingerprint density at radius 2 is 1.83 bits per heavy atom. The van der Waals surface area contributed by atoms with Gasteiger partial charge in [-0.2, -0.15) is 0 Å². The van der Waals surface area contributed by atoms with Gasteiger partial charge in [-0.25, -0.2) is 0 Å². The Bertz CT molecular complexity index is 406. The maximum atomic E-state index is 5.42. The Labute approximate surface area is 109 Å². The quantitative estimate of drug-likeness (QED) is 0.796. The van der Waals surface area contributed by atoms with E-state index in [4.69, 9.17) is 9.47 Å². The molecule has 1 aromatic carbocycles. The first-order valence-electron chi connectivity index (χ1n) is 7.20. The molecule has 1 aromatic rings. The van der Waals surface area contributed by atoms with E-state index in [0.717, 1.165) is 23.3 Å². The molecule has 1 aliphatic carbocycles. The van der Waals surface area contributed by atoms with Crippen molar-refractivity contribution in [2.45, 2.75) is 45.4 Å². The van der Waals surface area contributed by atoms with Crippen LogP contribution < -0.4 is 9.47 Å². The molecule has 0 aromatic heterocycles. The lowest BCUT2D eigenvalue weighted by Gasteiger charge is -2.26. The van der Waals surface area contributed by atoms with Crippen LogP contribution in [0.25, 0.3) is 0 Å². The summed E-state index contributed by atoms with van der Waals surface area (Å²) in [6, 6.07) is 6.37. The van der Waals surface area contributed by atoms with E-state index in [1.54, 1.807) is 0 Å². The predicted octanol–water partition coefficient (Wildman–Crippen LogP) is 4.17. The van der Waals surface area contributed by atoms with E-state index >= 15 is 0 Å². The summed E-state index contributed by atoms with van der Waals surface area (Å²) in [6.45, 7) is 2.76. The maximum Gasteiger partial charge on any atom is 0.231 e. The third kappa shape index (κ3) is 2.63. The van der Waals surface area contributed by atoms with Gasteiger partial charge in [-0.05, 0) is 42.4 Å². The highest BCUT2D eigenvalue weighted by Crippen LogP contribution is 2.34. The van der Waals surface area contributed by atoms with Crippen molar-refractivity contribution in [1.29, 1.82) is 0 Å². The molecule has 1 fully saturated rings. The van der Waals surface area contributed by atoms with E-state index in [1.807, 2.05) is 6.07 Å². The van der Waals surface area contributed by atoms with Gasteiger partial charge >= 0.3 is 0 Å². The summed E-state index contributed by atoms with van der Waals surface area (Å²) in [4.78, 5) is 0. The highest BCUT2D eigenvalue weighted by atomic mass is 16.7. The van der Waals surface area contributed by atoms with Crippen molar-refractivity contribution in [1.82, 2.24) is 0 Å². The van der Waals surface area contributed by atoms with E-state index < -0.39 is 0 Å². The first kappa shape index (κ1) is 11.9. The number of hydrogen-bond donors (Lipinski definition) is 0. The normalized spacial score (nSPS) is 26.3. The van der Waals surface area contributed by atoms with Crippen molar-refractivity contribution in [3.63, 3.8) is 0 Å². The molecule has 2 aliphatic rings. The Morgan fingerprint density at radius 1 is 1.06 bits per heavy atom. The number of fused-ring (bicyclic) bond motifs is 1. The summed E-state index contributed by atoms with van der Waals surface area (Å²) < 4.78 is 10.8. The molecule has 1 aliphatic heterocycles. The van der Waals surface area contributed by atoms with Crippen molar-refractivity contribution in [3.8, 4) is 11.5 Å². The lowest BCUT2D eigenvalue weighted by molar-refractivity contribution is 0.174. The van der Waals surface area contributed by atoms with E-state index in [1.165, 1.54) is 44.1 Å². The standard InChI is InChI=1S/C16H22O2/c1-12-2-4-13(5-3-12)6-7-14-8-9-15-16(10-14)18-11-17-15/h8-10,12-13H,2-7,11H2,1H3. The fourth-order valence-electron chi connectivity index (χ4n) is 3.09. The average Bonchev–Trinajstić information content (AvgIpc) is 2.85. The second-order valence-electron chi connectivity index (χ2n) is 5.85. The minimum absolute atomic E-state index is 0.374. The molecule has 0 atom stereocenters. The molecule has 0 bridgehead atoms. The fraction of sp³-hybridized carbons (Fsp3) is 0.625. The molecule has 0 spiro atoms. The first-order valence-corrected chi connectivity index (χ1v) is 7.20. The molecule has 18 heavy (non-hydrogen) atoms. The lowest BCUT2D eigenvalue weighted by Crippen LogP contribution is -2.12. The molecule has 2 nitrogen and oxygen atoms in total. The smallest absolute Gasteiger partial charge is 0.231 e. The van der Waals surface area contributed by atoms with E-state index in [9.17, 15) is 0 Å². The van der Waals surface area contributed by atoms with E-state index in [-0.39, 0.29) is 0 Å². The van der Waals surface area contributed by atoms with Crippen molar-refractivity contribution in [2.75, 3.05) is 6.79 Å². The number of aryl methyl sites for hydroxylation is 1. The fourth-order valence-corrected chi connectivity index (χ4v) is 3.09. The zero-order valence-electron chi connectivity index (χ0n) is 11.2. The third-order valence-electron chi connectivity index (χ3n) is 4.41. The molecule has 1 saturated carbocycles. The van der Waals surface area contributed by atoms with Crippen LogP contribution in [-0.4, -0.2) is 6.79 Å². The Morgan fingerprint density at radius 3 is 2.67 bits per heavy atom. The van der Waals surface area contributed by atoms with Gasteiger partial charge in [0, 0.05) is 0 Å². The minimum Gasteiger partial charge on any atom is -0.454 e. The highest BCUT2D eigenvalue weighted by molar-refractivity contribution is 5.44. The monoisotopic (exact) mass is 246 g/mol. The summed E-state index contributed by atoms with van der Waals surface area (Å²) in [5, 5.41) is 0. The van der Waals surface area contributed by atoms with Gasteiger partial charge in [0.15, 0.2) is 11.5 Å². The number of rotatable bonds is 3. The first-order chi connectivity index (χ1) is 8.81. The van der Waals surface area contributed by atoms with Crippen LogP contribution in [-0.2, 0) is 6.42 Å². The minimum atomic E-state index is 0.374. The number of benzene rings is 1. The van der Waals surface area contributed by atoms with Crippen LogP contribution in [0.1, 0.15) is 44.6 Å². The van der Waals surface area contributed by atoms with Crippen LogP contribution in [0.2, 0.25) is 0 Å². The van der Waals surface area contributed by atoms with Crippen LogP contribution in [0, 0.1) is 11.8 Å². The van der Waals surface area contributed by atoms with Crippen LogP contribution in [0.4, 0.5) is 0 Å². The highest BCUT2D eigenvalue weighted by Gasteiger charge is 2.18. The van der Waals surface area contributed by atoms with Crippen molar-refractivity contribution >= 4 is 0 Å². The van der Waals surface area contributed by atoms with Crippen LogP contribution in [0.5, 0.6) is 11.5 Å². The predicted molar refractivity (Wildman–Crippen MR) is 72.0 cm³/mol. The summed E-state index contributed by atoms with van der Waals surface area (Å²) >= 11 is 0. The van der Waals surface area contributed by atoms with Gasteiger partial charge < -0.3 is 9.47 Å². The van der Waals surface area contributed by atoms with Gasteiger partial charge in [-0.15, -0.1) is 0 Å². The van der Waals surface area contributed by atoms with Crippen molar-refractivity contribution in [3.05, 3.63) is 23.8 Å². The zero-order valence-corrected chi connectivity index (χ0v) is 11.2. The van der Waals surface area contributed by atoms with Crippen molar-refractivity contribution < 1.29 is 9.47 Å². The molecule has 98 valence electrons. The molecule has 0 saturated heterocycles. The molecule has 0 radical (unpaired) electrons. The Hall–Kier alpha value is -1.18. The van der Waals surface area contributed by atoms with Crippen LogP contribution in [0.15, 0.2) is 18.2 Å². The Balaban J connectivity index is 1.54. The maximum absolute atomic E-state index is 5.42. The number of ether oxygens (including phenoxy) is 2. The Kier molecular flexibility index (Phi) is 3.44. The lowest BCUT2D eigenvalue weighted by atomic mass is 9.80. The van der Waals surface area contributed by atoms with Gasteiger partial charge in [-0.3, -0.25) is 0 Å². The zero-order chi connectivity index (χ0) is 12.4. The SMILES string of the molecule is CC1CCC(CCc2ccc3c(c2)OCO3)CC1. The molecule has 2 heteroatoms. The van der Waals surface area contributed by atoms with Crippen LogP contribution >= 0.6 is 0 Å². The summed E-state index contributed by atoms with van der Waals surface area (Å²) in [5.74, 6) is 3.70. The van der Waals surface area contributed by atoms with Crippen LogP contribution in [0.3, 0.4) is 0 Å². The molecule has 0 N–H and O–H groups in total.